The van der Waals surface area contributed by atoms with Crippen LogP contribution >= 0.6 is 0 Å². The Morgan fingerprint density at radius 1 is 0.778 bits per heavy atom. The van der Waals surface area contributed by atoms with Gasteiger partial charge in [-0.1, -0.05) is 36.4 Å². The Labute approximate surface area is 158 Å². The summed E-state index contributed by atoms with van der Waals surface area (Å²) in [7, 11) is 3.12. The summed E-state index contributed by atoms with van der Waals surface area (Å²) in [5.41, 5.74) is 0.764. The Balaban J connectivity index is 1.64. The zero-order chi connectivity index (χ0) is 19.1. The number of carbonyl (C=O) groups excluding carboxylic acids is 1. The van der Waals surface area contributed by atoms with Gasteiger partial charge < -0.3 is 19.1 Å². The highest BCUT2D eigenvalue weighted by atomic mass is 16.7. The standard InChI is InChI=1S/C22H21NO4/c1-23(17-9-5-3-6-10-17)21(24)22(25-2)27-20-15-13-19(14-16-20)26-18-11-7-4-8-12-18/h3-16,22H,1-2H3. The minimum absolute atomic E-state index is 0.298. The van der Waals surface area contributed by atoms with Crippen LogP contribution in [0.3, 0.4) is 0 Å². The van der Waals surface area contributed by atoms with E-state index < -0.39 is 6.29 Å². The predicted molar refractivity (Wildman–Crippen MR) is 104 cm³/mol. The zero-order valence-electron chi connectivity index (χ0n) is 15.2. The fourth-order valence-corrected chi connectivity index (χ4v) is 2.47. The highest BCUT2D eigenvalue weighted by Crippen LogP contribution is 2.24. The molecule has 0 aromatic heterocycles. The molecule has 0 fully saturated rings. The van der Waals surface area contributed by atoms with Gasteiger partial charge in [-0.25, -0.2) is 0 Å². The summed E-state index contributed by atoms with van der Waals surface area (Å²) >= 11 is 0. The molecule has 1 amide bonds. The van der Waals surface area contributed by atoms with Crippen molar-refractivity contribution in [3.05, 3.63) is 84.9 Å². The monoisotopic (exact) mass is 363 g/mol. The molecule has 0 radical (unpaired) electrons. The summed E-state index contributed by atoms with van der Waals surface area (Å²) in [5.74, 6) is 1.64. The van der Waals surface area contributed by atoms with E-state index >= 15 is 0 Å². The lowest BCUT2D eigenvalue weighted by atomic mass is 10.3. The van der Waals surface area contributed by atoms with Crippen LogP contribution in [0.2, 0.25) is 0 Å². The number of carbonyl (C=O) groups is 1. The highest BCUT2D eigenvalue weighted by molar-refractivity contribution is 5.95. The first kappa shape index (κ1) is 18.5. The molecule has 0 aliphatic heterocycles. The smallest absolute Gasteiger partial charge is 0.296 e. The van der Waals surface area contributed by atoms with Gasteiger partial charge in [-0.05, 0) is 48.5 Å². The minimum atomic E-state index is -1.05. The van der Waals surface area contributed by atoms with Gasteiger partial charge in [0, 0.05) is 19.8 Å². The van der Waals surface area contributed by atoms with E-state index in [1.807, 2.05) is 60.7 Å². The molecular weight excluding hydrogens is 342 g/mol. The molecule has 0 heterocycles. The molecule has 0 aliphatic carbocycles. The topological polar surface area (TPSA) is 48.0 Å². The number of benzene rings is 3. The summed E-state index contributed by atoms with van der Waals surface area (Å²) in [4.78, 5) is 14.1. The van der Waals surface area contributed by atoms with Gasteiger partial charge in [0.2, 0.25) is 0 Å². The third kappa shape index (κ3) is 4.86. The number of para-hydroxylation sites is 2. The van der Waals surface area contributed by atoms with Crippen molar-refractivity contribution >= 4 is 11.6 Å². The van der Waals surface area contributed by atoms with Gasteiger partial charge in [0.15, 0.2) is 0 Å². The zero-order valence-corrected chi connectivity index (χ0v) is 15.2. The Hall–Kier alpha value is -3.31. The van der Waals surface area contributed by atoms with Crippen molar-refractivity contribution in [1.82, 2.24) is 0 Å². The molecule has 1 unspecified atom stereocenters. The van der Waals surface area contributed by atoms with E-state index in [1.165, 1.54) is 12.0 Å². The summed E-state index contributed by atoms with van der Waals surface area (Å²) in [6.07, 6.45) is -1.05. The second kappa shape index (κ2) is 8.87. The largest absolute Gasteiger partial charge is 0.457 e. The minimum Gasteiger partial charge on any atom is -0.457 e. The molecule has 0 bridgehead atoms. The van der Waals surface area contributed by atoms with Crippen LogP contribution in [-0.4, -0.2) is 26.4 Å². The van der Waals surface area contributed by atoms with Crippen molar-refractivity contribution in [2.24, 2.45) is 0 Å². The Morgan fingerprint density at radius 3 is 1.89 bits per heavy atom. The van der Waals surface area contributed by atoms with Gasteiger partial charge in [0.25, 0.3) is 12.2 Å². The summed E-state index contributed by atoms with van der Waals surface area (Å²) < 4.78 is 16.7. The van der Waals surface area contributed by atoms with E-state index in [0.29, 0.717) is 11.5 Å². The van der Waals surface area contributed by atoms with Gasteiger partial charge in [-0.15, -0.1) is 0 Å². The number of methoxy groups -OCH3 is 1. The van der Waals surface area contributed by atoms with E-state index in [4.69, 9.17) is 14.2 Å². The van der Waals surface area contributed by atoms with Crippen molar-refractivity contribution < 1.29 is 19.0 Å². The van der Waals surface area contributed by atoms with E-state index in [0.717, 1.165) is 11.4 Å². The summed E-state index contributed by atoms with van der Waals surface area (Å²) in [6.45, 7) is 0. The van der Waals surface area contributed by atoms with Crippen LogP contribution in [0.4, 0.5) is 5.69 Å². The Kier molecular flexibility index (Phi) is 6.07. The fraction of sp³-hybridized carbons (Fsp3) is 0.136. The van der Waals surface area contributed by atoms with Crippen LogP contribution < -0.4 is 14.4 Å². The quantitative estimate of drug-likeness (QED) is 0.580. The molecular formula is C22H21NO4. The maximum absolute atomic E-state index is 12.6. The van der Waals surface area contributed by atoms with Crippen LogP contribution in [0.1, 0.15) is 0 Å². The molecule has 138 valence electrons. The van der Waals surface area contributed by atoms with Gasteiger partial charge >= 0.3 is 0 Å². The highest BCUT2D eigenvalue weighted by Gasteiger charge is 2.24. The lowest BCUT2D eigenvalue weighted by molar-refractivity contribution is -0.144. The van der Waals surface area contributed by atoms with Crippen molar-refractivity contribution in [3.8, 4) is 17.2 Å². The molecule has 5 nitrogen and oxygen atoms in total. The second-order valence-corrected chi connectivity index (χ2v) is 5.80. The molecule has 27 heavy (non-hydrogen) atoms. The molecule has 3 rings (SSSR count). The summed E-state index contributed by atoms with van der Waals surface area (Å²) in [5, 5.41) is 0. The third-order valence-electron chi connectivity index (χ3n) is 3.94. The van der Waals surface area contributed by atoms with Gasteiger partial charge in [-0.2, -0.15) is 0 Å². The first-order chi connectivity index (χ1) is 13.2. The second-order valence-electron chi connectivity index (χ2n) is 5.80. The molecule has 0 saturated heterocycles. The number of hydrogen-bond donors (Lipinski definition) is 0. The Bertz CT molecular complexity index is 851. The van der Waals surface area contributed by atoms with E-state index in [-0.39, 0.29) is 5.91 Å². The average Bonchev–Trinajstić information content (AvgIpc) is 2.73. The number of likely N-dealkylation sites (N-methyl/N-ethyl adjacent to an activating group) is 1. The molecule has 3 aromatic carbocycles. The van der Waals surface area contributed by atoms with E-state index in [9.17, 15) is 4.79 Å². The van der Waals surface area contributed by atoms with E-state index in [2.05, 4.69) is 0 Å². The number of amides is 1. The van der Waals surface area contributed by atoms with Crippen molar-refractivity contribution in [1.29, 1.82) is 0 Å². The third-order valence-corrected chi connectivity index (χ3v) is 3.94. The first-order valence-electron chi connectivity index (χ1n) is 8.52. The van der Waals surface area contributed by atoms with Crippen molar-refractivity contribution in [2.75, 3.05) is 19.1 Å². The Morgan fingerprint density at radius 2 is 1.30 bits per heavy atom. The van der Waals surface area contributed by atoms with Crippen LogP contribution in [0.25, 0.3) is 0 Å². The molecule has 0 aliphatic rings. The molecule has 5 heteroatoms. The molecule has 3 aromatic rings. The number of anilines is 1. The number of rotatable bonds is 7. The normalized spacial score (nSPS) is 11.5. The van der Waals surface area contributed by atoms with E-state index in [1.54, 1.807) is 31.3 Å². The van der Waals surface area contributed by atoms with Gasteiger partial charge in [0.1, 0.15) is 17.2 Å². The molecule has 1 atom stereocenters. The lowest BCUT2D eigenvalue weighted by Crippen LogP contribution is -2.41. The van der Waals surface area contributed by atoms with Crippen LogP contribution in [0, 0.1) is 0 Å². The first-order valence-corrected chi connectivity index (χ1v) is 8.52. The number of nitrogens with zero attached hydrogens (tertiary/aromatic N) is 1. The number of ether oxygens (including phenoxy) is 3. The predicted octanol–water partition coefficient (Wildman–Crippen LogP) is 4.49. The fourth-order valence-electron chi connectivity index (χ4n) is 2.47. The van der Waals surface area contributed by atoms with Crippen LogP contribution in [0.5, 0.6) is 17.2 Å². The average molecular weight is 363 g/mol. The maximum Gasteiger partial charge on any atom is 0.296 e. The molecule has 0 spiro atoms. The summed E-state index contributed by atoms with van der Waals surface area (Å²) in [6, 6.07) is 25.9. The van der Waals surface area contributed by atoms with Crippen molar-refractivity contribution in [2.45, 2.75) is 6.29 Å². The number of hydrogen-bond acceptors (Lipinski definition) is 4. The molecule has 0 saturated carbocycles. The van der Waals surface area contributed by atoms with Crippen LogP contribution in [-0.2, 0) is 9.53 Å². The molecule has 0 N–H and O–H groups in total. The van der Waals surface area contributed by atoms with Gasteiger partial charge in [0.05, 0.1) is 0 Å². The van der Waals surface area contributed by atoms with Crippen LogP contribution in [0.15, 0.2) is 84.9 Å². The lowest BCUT2D eigenvalue weighted by Gasteiger charge is -2.23. The SMILES string of the molecule is COC(Oc1ccc(Oc2ccccc2)cc1)C(=O)N(C)c1ccccc1. The van der Waals surface area contributed by atoms with Crippen molar-refractivity contribution in [3.63, 3.8) is 0 Å². The maximum atomic E-state index is 12.6. The van der Waals surface area contributed by atoms with Gasteiger partial charge in [-0.3, -0.25) is 4.79 Å².